The molecule has 4 rings (SSSR count). The van der Waals surface area contributed by atoms with Crippen LogP contribution in [0, 0.1) is 5.82 Å². The fourth-order valence-corrected chi connectivity index (χ4v) is 3.81. The highest BCUT2D eigenvalue weighted by atomic mass is 19.1. The van der Waals surface area contributed by atoms with E-state index in [9.17, 15) is 14.0 Å². The Morgan fingerprint density at radius 1 is 1.00 bits per heavy atom. The fourth-order valence-electron chi connectivity index (χ4n) is 3.81. The first kappa shape index (κ1) is 19.1. The van der Waals surface area contributed by atoms with Gasteiger partial charge < -0.3 is 10.2 Å². The molecule has 0 aromatic heterocycles. The SMILES string of the molecule is C[NH+](Cc1ccc(F)cc1)CN1C(=O)N[C@@](C)(c2ccc3ccccc3c2)C1=O. The third-order valence-corrected chi connectivity index (χ3v) is 5.45. The Morgan fingerprint density at radius 3 is 2.41 bits per heavy atom. The summed E-state index contributed by atoms with van der Waals surface area (Å²) in [6.45, 7) is 2.54. The van der Waals surface area contributed by atoms with E-state index in [0.717, 1.165) is 26.8 Å². The van der Waals surface area contributed by atoms with E-state index in [-0.39, 0.29) is 18.4 Å². The summed E-state index contributed by atoms with van der Waals surface area (Å²) in [5.74, 6) is -0.553. The first-order valence-electron chi connectivity index (χ1n) is 9.56. The van der Waals surface area contributed by atoms with Crippen molar-refractivity contribution in [3.8, 4) is 0 Å². The van der Waals surface area contributed by atoms with Crippen molar-refractivity contribution in [3.63, 3.8) is 0 Å². The second-order valence-corrected chi connectivity index (χ2v) is 7.77. The van der Waals surface area contributed by atoms with E-state index in [1.807, 2.05) is 49.5 Å². The normalized spacial score (nSPS) is 20.2. The third kappa shape index (κ3) is 3.59. The van der Waals surface area contributed by atoms with Gasteiger partial charge in [0.1, 0.15) is 17.9 Å². The lowest BCUT2D eigenvalue weighted by Crippen LogP contribution is -3.09. The number of rotatable bonds is 5. The van der Waals surface area contributed by atoms with Crippen molar-refractivity contribution >= 4 is 22.7 Å². The van der Waals surface area contributed by atoms with Gasteiger partial charge in [-0.15, -0.1) is 0 Å². The van der Waals surface area contributed by atoms with Crippen molar-refractivity contribution in [1.29, 1.82) is 0 Å². The summed E-state index contributed by atoms with van der Waals surface area (Å²) in [5, 5.41) is 4.96. The van der Waals surface area contributed by atoms with Crippen LogP contribution in [-0.4, -0.2) is 30.6 Å². The number of benzene rings is 3. The summed E-state index contributed by atoms with van der Waals surface area (Å²) in [5.41, 5.74) is 0.596. The monoisotopic (exact) mass is 392 g/mol. The van der Waals surface area contributed by atoms with Crippen molar-refractivity contribution in [3.05, 3.63) is 83.7 Å². The average molecular weight is 392 g/mol. The highest BCUT2D eigenvalue weighted by molar-refractivity contribution is 6.07. The maximum Gasteiger partial charge on any atom is 0.329 e. The van der Waals surface area contributed by atoms with Gasteiger partial charge in [0, 0.05) is 5.56 Å². The Kier molecular flexibility index (Phi) is 4.80. The minimum Gasteiger partial charge on any atom is -0.319 e. The lowest BCUT2D eigenvalue weighted by atomic mass is 9.90. The van der Waals surface area contributed by atoms with Crippen molar-refractivity contribution in [2.75, 3.05) is 13.7 Å². The molecule has 148 valence electrons. The molecule has 0 aliphatic carbocycles. The number of hydrogen-bond donors (Lipinski definition) is 2. The Bertz CT molecular complexity index is 1080. The summed E-state index contributed by atoms with van der Waals surface area (Å²) in [6, 6.07) is 19.6. The summed E-state index contributed by atoms with van der Waals surface area (Å²) in [4.78, 5) is 28.0. The molecule has 0 bridgehead atoms. The lowest BCUT2D eigenvalue weighted by molar-refractivity contribution is -0.901. The van der Waals surface area contributed by atoms with Crippen molar-refractivity contribution in [2.24, 2.45) is 0 Å². The van der Waals surface area contributed by atoms with E-state index in [0.29, 0.717) is 6.54 Å². The van der Waals surface area contributed by atoms with Gasteiger partial charge in [0.05, 0.1) is 7.05 Å². The summed E-state index contributed by atoms with van der Waals surface area (Å²) in [6.07, 6.45) is 0. The molecule has 1 saturated heterocycles. The van der Waals surface area contributed by atoms with E-state index in [1.165, 1.54) is 17.0 Å². The first-order valence-corrected chi connectivity index (χ1v) is 9.56. The van der Waals surface area contributed by atoms with Crippen LogP contribution in [0.25, 0.3) is 10.8 Å². The molecule has 2 atom stereocenters. The number of halogens is 1. The number of quaternary nitrogens is 1. The number of fused-ring (bicyclic) bond motifs is 1. The molecule has 1 fully saturated rings. The molecule has 1 heterocycles. The van der Waals surface area contributed by atoms with E-state index < -0.39 is 11.6 Å². The van der Waals surface area contributed by atoms with Crippen LogP contribution < -0.4 is 10.2 Å². The Hall–Kier alpha value is -3.25. The van der Waals surface area contributed by atoms with Gasteiger partial charge >= 0.3 is 6.03 Å². The van der Waals surface area contributed by atoms with E-state index >= 15 is 0 Å². The number of imide groups is 1. The zero-order valence-corrected chi connectivity index (χ0v) is 16.4. The fraction of sp³-hybridized carbons (Fsp3) is 0.217. The smallest absolute Gasteiger partial charge is 0.319 e. The highest BCUT2D eigenvalue weighted by Gasteiger charge is 2.50. The molecular weight excluding hydrogens is 369 g/mol. The van der Waals surface area contributed by atoms with Crippen LogP contribution in [-0.2, 0) is 16.9 Å². The summed E-state index contributed by atoms with van der Waals surface area (Å²) in [7, 11) is 1.90. The van der Waals surface area contributed by atoms with Gasteiger partial charge in [-0.3, -0.25) is 4.79 Å². The minimum absolute atomic E-state index is 0.227. The van der Waals surface area contributed by atoms with Crippen molar-refractivity contribution < 1.29 is 18.9 Å². The van der Waals surface area contributed by atoms with Crippen molar-refractivity contribution in [2.45, 2.75) is 19.0 Å². The standard InChI is InChI=1S/C23H22FN3O2/c1-23(19-10-9-17-5-3-4-6-18(17)13-19)21(28)27(22(29)25-23)15-26(2)14-16-7-11-20(24)12-8-16/h3-13H,14-15H2,1-2H3,(H,25,29)/p+1/t23-/m0/s1. The highest BCUT2D eigenvalue weighted by Crippen LogP contribution is 2.30. The summed E-state index contributed by atoms with van der Waals surface area (Å²) >= 11 is 0. The van der Waals surface area contributed by atoms with Gasteiger partial charge in [-0.25, -0.2) is 14.1 Å². The van der Waals surface area contributed by atoms with Crippen LogP contribution in [0.4, 0.5) is 9.18 Å². The molecule has 3 aromatic rings. The molecule has 29 heavy (non-hydrogen) atoms. The average Bonchev–Trinajstić information content (AvgIpc) is 2.93. The van der Waals surface area contributed by atoms with Crippen molar-refractivity contribution in [1.82, 2.24) is 10.2 Å². The molecule has 0 radical (unpaired) electrons. The molecule has 2 N–H and O–H groups in total. The van der Waals surface area contributed by atoms with Crippen LogP contribution in [0.2, 0.25) is 0 Å². The molecule has 3 aromatic carbocycles. The topological polar surface area (TPSA) is 53.9 Å². The number of hydrogen-bond acceptors (Lipinski definition) is 2. The molecule has 1 aliphatic heterocycles. The molecule has 0 saturated carbocycles. The van der Waals surface area contributed by atoms with Crippen LogP contribution in [0.5, 0.6) is 0 Å². The summed E-state index contributed by atoms with van der Waals surface area (Å²) < 4.78 is 13.1. The largest absolute Gasteiger partial charge is 0.329 e. The second kappa shape index (κ2) is 7.29. The molecule has 1 aliphatic rings. The Balaban J connectivity index is 1.53. The van der Waals surface area contributed by atoms with Gasteiger partial charge in [-0.05, 0) is 41.5 Å². The quantitative estimate of drug-likeness (QED) is 0.656. The molecule has 0 spiro atoms. The van der Waals surface area contributed by atoms with Crippen LogP contribution >= 0.6 is 0 Å². The van der Waals surface area contributed by atoms with Gasteiger partial charge in [0.15, 0.2) is 6.67 Å². The van der Waals surface area contributed by atoms with Crippen LogP contribution in [0.1, 0.15) is 18.1 Å². The molecular formula is C23H23FN3O2+. The lowest BCUT2D eigenvalue weighted by Gasteiger charge is -2.23. The zero-order valence-electron chi connectivity index (χ0n) is 16.4. The maximum absolute atomic E-state index is 13.2. The van der Waals surface area contributed by atoms with Gasteiger partial charge in [-0.1, -0.05) is 48.5 Å². The number of nitrogens with zero attached hydrogens (tertiary/aromatic N) is 1. The molecule has 5 nitrogen and oxygen atoms in total. The predicted molar refractivity (Wildman–Crippen MR) is 109 cm³/mol. The van der Waals surface area contributed by atoms with E-state index in [4.69, 9.17) is 0 Å². The number of nitrogens with one attached hydrogen (secondary N) is 2. The number of carbonyl (C=O) groups excluding carboxylic acids is 2. The molecule has 6 heteroatoms. The molecule has 3 amide bonds. The number of amides is 3. The predicted octanol–water partition coefficient (Wildman–Crippen LogP) is 2.42. The number of carbonyl (C=O) groups is 2. The van der Waals surface area contributed by atoms with Gasteiger partial charge in [0.25, 0.3) is 5.91 Å². The maximum atomic E-state index is 13.2. The van der Waals surface area contributed by atoms with Crippen LogP contribution in [0.3, 0.4) is 0 Å². The minimum atomic E-state index is -1.10. The van der Waals surface area contributed by atoms with Crippen LogP contribution in [0.15, 0.2) is 66.7 Å². The van der Waals surface area contributed by atoms with E-state index in [1.54, 1.807) is 19.1 Å². The first-order chi connectivity index (χ1) is 13.9. The van der Waals surface area contributed by atoms with Gasteiger partial charge in [-0.2, -0.15) is 0 Å². The van der Waals surface area contributed by atoms with E-state index in [2.05, 4.69) is 5.32 Å². The molecule has 1 unspecified atom stereocenters. The third-order valence-electron chi connectivity index (χ3n) is 5.45. The Morgan fingerprint density at radius 2 is 1.69 bits per heavy atom. The second-order valence-electron chi connectivity index (χ2n) is 7.77. The van der Waals surface area contributed by atoms with Gasteiger partial charge in [0.2, 0.25) is 0 Å². The number of urea groups is 1. The zero-order chi connectivity index (χ0) is 20.6. The Labute approximate surface area is 168 Å².